The molecule has 0 aliphatic carbocycles. The molecule has 21 heavy (non-hydrogen) atoms. The van der Waals surface area contributed by atoms with Crippen LogP contribution in [0.2, 0.25) is 0 Å². The van der Waals surface area contributed by atoms with Gasteiger partial charge in [-0.2, -0.15) is 23.1 Å². The van der Waals surface area contributed by atoms with E-state index in [0.717, 1.165) is 25.8 Å². The summed E-state index contributed by atoms with van der Waals surface area (Å²) in [6.07, 6.45) is 5.87. The monoisotopic (exact) mass is 324 g/mol. The Bertz CT molecular complexity index is 457. The van der Waals surface area contributed by atoms with E-state index in [1.165, 1.54) is 24.2 Å². The van der Waals surface area contributed by atoms with E-state index in [9.17, 15) is 4.79 Å². The van der Waals surface area contributed by atoms with Crippen LogP contribution in [0, 0.1) is 0 Å². The van der Waals surface area contributed by atoms with Gasteiger partial charge in [-0.3, -0.25) is 10.1 Å². The van der Waals surface area contributed by atoms with Gasteiger partial charge in [0.15, 0.2) is 0 Å². The average molecular weight is 325 g/mol. The molecule has 0 aromatic carbocycles. The second-order valence-corrected chi connectivity index (χ2v) is 8.13. The molecular weight excluding hydrogens is 300 g/mol. The fraction of sp³-hybridized carbons (Fsp3) is 0.688. The van der Waals surface area contributed by atoms with Crippen molar-refractivity contribution in [3.63, 3.8) is 0 Å². The highest BCUT2D eigenvalue weighted by molar-refractivity contribution is 8.00. The highest BCUT2D eigenvalue weighted by atomic mass is 32.2. The van der Waals surface area contributed by atoms with E-state index in [-0.39, 0.29) is 12.2 Å². The summed E-state index contributed by atoms with van der Waals surface area (Å²) < 4.78 is 0. The van der Waals surface area contributed by atoms with Crippen LogP contribution >= 0.6 is 23.1 Å². The number of thiophene rings is 1. The SMILES string of the molecule is CCCCC1NC(c2ccsc2)N(CC2CCCS2)C1=O. The molecular formula is C16H24N2OS2. The molecule has 1 aromatic heterocycles. The molecule has 3 nitrogen and oxygen atoms in total. The number of hydrogen-bond acceptors (Lipinski definition) is 4. The number of carbonyl (C=O) groups is 1. The van der Waals surface area contributed by atoms with Crippen LogP contribution in [-0.2, 0) is 4.79 Å². The number of nitrogens with zero attached hydrogens (tertiary/aromatic N) is 1. The molecule has 5 heteroatoms. The van der Waals surface area contributed by atoms with Gasteiger partial charge in [0.1, 0.15) is 6.17 Å². The first kappa shape index (κ1) is 15.4. The maximum atomic E-state index is 12.8. The third-order valence-corrected chi connectivity index (χ3v) is 6.46. The molecule has 116 valence electrons. The second kappa shape index (κ2) is 7.16. The lowest BCUT2D eigenvalue weighted by atomic mass is 10.1. The second-order valence-electron chi connectivity index (χ2n) is 5.95. The molecule has 3 unspecified atom stereocenters. The summed E-state index contributed by atoms with van der Waals surface area (Å²) in [6, 6.07) is 2.16. The molecule has 1 aromatic rings. The number of nitrogens with one attached hydrogen (secondary N) is 1. The van der Waals surface area contributed by atoms with Crippen LogP contribution in [0.15, 0.2) is 16.8 Å². The Morgan fingerprint density at radius 3 is 3.05 bits per heavy atom. The number of amides is 1. The average Bonchev–Trinajstić information content (AvgIpc) is 3.21. The van der Waals surface area contributed by atoms with Gasteiger partial charge < -0.3 is 4.90 Å². The predicted molar refractivity (Wildman–Crippen MR) is 90.7 cm³/mol. The van der Waals surface area contributed by atoms with Gasteiger partial charge in [0, 0.05) is 11.8 Å². The molecule has 3 rings (SSSR count). The van der Waals surface area contributed by atoms with E-state index in [0.29, 0.717) is 11.2 Å². The molecule has 0 radical (unpaired) electrons. The zero-order valence-electron chi connectivity index (χ0n) is 12.6. The first-order chi connectivity index (χ1) is 10.3. The standard InChI is InChI=1S/C16H24N2OS2/c1-2-3-6-14-16(19)18(10-13-5-4-8-21-13)15(17-14)12-7-9-20-11-12/h7,9,11,13-15,17H,2-6,8,10H2,1H3. The van der Waals surface area contributed by atoms with Crippen molar-refractivity contribution in [2.75, 3.05) is 12.3 Å². The Morgan fingerprint density at radius 1 is 1.48 bits per heavy atom. The van der Waals surface area contributed by atoms with Gasteiger partial charge in [-0.05, 0) is 47.4 Å². The largest absolute Gasteiger partial charge is 0.320 e. The number of thioether (sulfide) groups is 1. The van der Waals surface area contributed by atoms with Gasteiger partial charge in [0.05, 0.1) is 6.04 Å². The Hall–Kier alpha value is -0.520. The number of rotatable bonds is 6. The zero-order valence-corrected chi connectivity index (χ0v) is 14.2. The van der Waals surface area contributed by atoms with Crippen LogP contribution in [0.3, 0.4) is 0 Å². The lowest BCUT2D eigenvalue weighted by molar-refractivity contribution is -0.130. The van der Waals surface area contributed by atoms with Crippen molar-refractivity contribution in [2.45, 2.75) is 56.5 Å². The van der Waals surface area contributed by atoms with Crippen molar-refractivity contribution in [2.24, 2.45) is 0 Å². The van der Waals surface area contributed by atoms with Crippen LogP contribution in [0.25, 0.3) is 0 Å². The van der Waals surface area contributed by atoms with E-state index < -0.39 is 0 Å². The minimum atomic E-state index is 0.0150. The summed E-state index contributed by atoms with van der Waals surface area (Å²) in [6.45, 7) is 3.09. The summed E-state index contributed by atoms with van der Waals surface area (Å²) in [5.41, 5.74) is 1.25. The molecule has 2 saturated heterocycles. The molecule has 1 N–H and O–H groups in total. The molecule has 2 fully saturated rings. The minimum Gasteiger partial charge on any atom is -0.320 e. The number of carbonyl (C=O) groups excluding carboxylic acids is 1. The van der Waals surface area contributed by atoms with Gasteiger partial charge in [-0.1, -0.05) is 19.8 Å². The third-order valence-electron chi connectivity index (χ3n) is 4.38. The molecule has 0 saturated carbocycles. The molecule has 0 bridgehead atoms. The lowest BCUT2D eigenvalue weighted by Gasteiger charge is -2.26. The Balaban J connectivity index is 1.73. The zero-order chi connectivity index (χ0) is 14.7. The van der Waals surface area contributed by atoms with Gasteiger partial charge in [-0.15, -0.1) is 0 Å². The topological polar surface area (TPSA) is 32.3 Å². The van der Waals surface area contributed by atoms with E-state index >= 15 is 0 Å². The van der Waals surface area contributed by atoms with E-state index in [2.05, 4.69) is 34.0 Å². The van der Waals surface area contributed by atoms with Crippen molar-refractivity contribution in [1.82, 2.24) is 10.2 Å². The molecule has 3 heterocycles. The van der Waals surface area contributed by atoms with Gasteiger partial charge in [0.2, 0.25) is 5.91 Å². The van der Waals surface area contributed by atoms with Crippen molar-refractivity contribution in [3.8, 4) is 0 Å². The third kappa shape index (κ3) is 3.46. The van der Waals surface area contributed by atoms with Crippen LogP contribution in [0.5, 0.6) is 0 Å². The van der Waals surface area contributed by atoms with Crippen molar-refractivity contribution >= 4 is 29.0 Å². The molecule has 2 aliphatic rings. The summed E-state index contributed by atoms with van der Waals surface area (Å²) in [7, 11) is 0. The van der Waals surface area contributed by atoms with Crippen molar-refractivity contribution in [3.05, 3.63) is 22.4 Å². The number of unbranched alkanes of at least 4 members (excludes halogenated alkanes) is 1. The lowest BCUT2D eigenvalue weighted by Crippen LogP contribution is -2.35. The molecule has 3 atom stereocenters. The van der Waals surface area contributed by atoms with Crippen LogP contribution in [0.1, 0.15) is 50.8 Å². The fourth-order valence-electron chi connectivity index (χ4n) is 3.20. The van der Waals surface area contributed by atoms with Crippen molar-refractivity contribution in [1.29, 1.82) is 0 Å². The van der Waals surface area contributed by atoms with Crippen molar-refractivity contribution < 1.29 is 4.79 Å². The minimum absolute atomic E-state index is 0.0150. The first-order valence-corrected chi connectivity index (χ1v) is 9.99. The fourth-order valence-corrected chi connectivity index (χ4v) is 5.15. The highest BCUT2D eigenvalue weighted by Gasteiger charge is 2.40. The first-order valence-electron chi connectivity index (χ1n) is 8.00. The smallest absolute Gasteiger partial charge is 0.241 e. The maximum Gasteiger partial charge on any atom is 0.241 e. The normalized spacial score (nSPS) is 29.5. The predicted octanol–water partition coefficient (Wildman–Crippen LogP) is 3.63. The summed E-state index contributed by atoms with van der Waals surface area (Å²) in [5.74, 6) is 1.56. The van der Waals surface area contributed by atoms with Crippen LogP contribution in [0.4, 0.5) is 0 Å². The van der Waals surface area contributed by atoms with E-state index in [1.54, 1.807) is 11.3 Å². The summed E-state index contributed by atoms with van der Waals surface area (Å²) in [4.78, 5) is 14.9. The van der Waals surface area contributed by atoms with Gasteiger partial charge >= 0.3 is 0 Å². The van der Waals surface area contributed by atoms with Crippen LogP contribution in [-0.4, -0.2) is 34.4 Å². The highest BCUT2D eigenvalue weighted by Crippen LogP contribution is 2.33. The van der Waals surface area contributed by atoms with Gasteiger partial charge in [-0.25, -0.2) is 0 Å². The van der Waals surface area contributed by atoms with E-state index in [4.69, 9.17) is 0 Å². The van der Waals surface area contributed by atoms with E-state index in [1.807, 2.05) is 11.8 Å². The molecule has 2 aliphatic heterocycles. The van der Waals surface area contributed by atoms with Gasteiger partial charge in [0.25, 0.3) is 0 Å². The molecule has 1 amide bonds. The quantitative estimate of drug-likeness (QED) is 0.867. The number of hydrogen-bond donors (Lipinski definition) is 1. The Labute approximate surface area is 135 Å². The Morgan fingerprint density at radius 2 is 2.38 bits per heavy atom. The maximum absolute atomic E-state index is 12.8. The van der Waals surface area contributed by atoms with Crippen LogP contribution < -0.4 is 5.32 Å². The molecule has 0 spiro atoms. The Kier molecular flexibility index (Phi) is 5.24. The summed E-state index contributed by atoms with van der Waals surface area (Å²) in [5, 5.41) is 8.47. The summed E-state index contributed by atoms with van der Waals surface area (Å²) >= 11 is 3.74.